The maximum absolute atomic E-state index is 12.8. The molecule has 1 aromatic heterocycles. The fourth-order valence-electron chi connectivity index (χ4n) is 3.38. The van der Waals surface area contributed by atoms with Crippen molar-refractivity contribution >= 4 is 49.7 Å². The number of thiazole rings is 1. The van der Waals surface area contributed by atoms with E-state index in [0.717, 1.165) is 11.3 Å². The van der Waals surface area contributed by atoms with Crippen molar-refractivity contribution in [2.24, 2.45) is 0 Å². The lowest BCUT2D eigenvalue weighted by molar-refractivity contribution is -0.122. The van der Waals surface area contributed by atoms with Gasteiger partial charge >= 0.3 is 0 Å². The predicted octanol–water partition coefficient (Wildman–Crippen LogP) is 2.86. The number of fused-ring (bicyclic) bond motifs is 1. The van der Waals surface area contributed by atoms with Crippen molar-refractivity contribution < 1.29 is 18.0 Å². The van der Waals surface area contributed by atoms with Gasteiger partial charge in [-0.1, -0.05) is 18.2 Å². The SMILES string of the molecule is CC(=O)N1c2ccccc2CC1C(=O)Nc1ccc(S(=O)(=O)Nc2nccs2)cc1. The molecule has 2 aromatic carbocycles. The van der Waals surface area contributed by atoms with Crippen LogP contribution in [-0.4, -0.2) is 31.3 Å². The lowest BCUT2D eigenvalue weighted by atomic mass is 10.1. The van der Waals surface area contributed by atoms with E-state index in [1.165, 1.54) is 53.6 Å². The summed E-state index contributed by atoms with van der Waals surface area (Å²) in [7, 11) is -3.77. The highest BCUT2D eigenvalue weighted by Gasteiger charge is 2.36. The van der Waals surface area contributed by atoms with Crippen LogP contribution >= 0.6 is 11.3 Å². The van der Waals surface area contributed by atoms with Crippen LogP contribution in [0.4, 0.5) is 16.5 Å². The van der Waals surface area contributed by atoms with Crippen LogP contribution in [0.15, 0.2) is 65.0 Å². The van der Waals surface area contributed by atoms with Gasteiger partial charge in [-0.2, -0.15) is 0 Å². The Hall–Kier alpha value is -3.24. The number of carbonyl (C=O) groups excluding carboxylic acids is 2. The summed E-state index contributed by atoms with van der Waals surface area (Å²) < 4.78 is 27.2. The van der Waals surface area contributed by atoms with Crippen LogP contribution < -0.4 is 14.9 Å². The molecule has 0 aliphatic carbocycles. The van der Waals surface area contributed by atoms with E-state index in [1.54, 1.807) is 5.38 Å². The Morgan fingerprint density at radius 2 is 1.87 bits per heavy atom. The Bertz CT molecular complexity index is 1190. The van der Waals surface area contributed by atoms with Gasteiger partial charge in [0.15, 0.2) is 5.13 Å². The van der Waals surface area contributed by atoms with Gasteiger partial charge in [-0.3, -0.25) is 19.2 Å². The Labute approximate surface area is 177 Å². The van der Waals surface area contributed by atoms with Gasteiger partial charge in [-0.25, -0.2) is 13.4 Å². The number of hydrogen-bond acceptors (Lipinski definition) is 6. The van der Waals surface area contributed by atoms with E-state index in [2.05, 4.69) is 15.0 Å². The molecule has 1 unspecified atom stereocenters. The third kappa shape index (κ3) is 3.91. The number of para-hydroxylation sites is 1. The van der Waals surface area contributed by atoms with Gasteiger partial charge in [0, 0.05) is 36.3 Å². The maximum atomic E-state index is 12.8. The molecule has 10 heteroatoms. The molecule has 2 heterocycles. The van der Waals surface area contributed by atoms with E-state index in [-0.39, 0.29) is 21.8 Å². The van der Waals surface area contributed by atoms with Crippen LogP contribution in [0.2, 0.25) is 0 Å². The zero-order valence-corrected chi connectivity index (χ0v) is 17.5. The van der Waals surface area contributed by atoms with Gasteiger partial charge < -0.3 is 5.32 Å². The van der Waals surface area contributed by atoms with E-state index in [0.29, 0.717) is 12.1 Å². The van der Waals surface area contributed by atoms with Crippen molar-refractivity contribution in [2.45, 2.75) is 24.3 Å². The number of hydrogen-bond donors (Lipinski definition) is 2. The number of anilines is 3. The third-order valence-electron chi connectivity index (χ3n) is 4.70. The molecule has 0 fully saturated rings. The molecule has 0 radical (unpaired) electrons. The number of nitrogens with zero attached hydrogens (tertiary/aromatic N) is 2. The van der Waals surface area contributed by atoms with Crippen LogP contribution in [0, 0.1) is 0 Å². The number of aromatic nitrogens is 1. The second-order valence-corrected chi connectivity index (χ2v) is 9.27. The second kappa shape index (κ2) is 7.88. The molecule has 3 aromatic rings. The van der Waals surface area contributed by atoms with Crippen molar-refractivity contribution in [1.82, 2.24) is 4.98 Å². The van der Waals surface area contributed by atoms with E-state index < -0.39 is 16.1 Å². The molecule has 0 spiro atoms. The van der Waals surface area contributed by atoms with Gasteiger partial charge in [-0.15, -0.1) is 11.3 Å². The fourth-order valence-corrected chi connectivity index (χ4v) is 5.16. The highest BCUT2D eigenvalue weighted by Crippen LogP contribution is 2.32. The first kappa shape index (κ1) is 20.0. The third-order valence-corrected chi connectivity index (χ3v) is 6.88. The summed E-state index contributed by atoms with van der Waals surface area (Å²) in [6.45, 7) is 1.43. The summed E-state index contributed by atoms with van der Waals surface area (Å²) in [4.78, 5) is 30.4. The quantitative estimate of drug-likeness (QED) is 0.632. The maximum Gasteiger partial charge on any atom is 0.263 e. The Balaban J connectivity index is 1.48. The van der Waals surface area contributed by atoms with E-state index in [1.807, 2.05) is 24.3 Å². The van der Waals surface area contributed by atoms with Crippen molar-refractivity contribution in [2.75, 3.05) is 14.9 Å². The van der Waals surface area contributed by atoms with E-state index in [9.17, 15) is 18.0 Å². The lowest BCUT2D eigenvalue weighted by Gasteiger charge is -2.23. The van der Waals surface area contributed by atoms with Crippen molar-refractivity contribution in [3.63, 3.8) is 0 Å². The number of benzene rings is 2. The largest absolute Gasteiger partial charge is 0.324 e. The number of rotatable bonds is 5. The van der Waals surface area contributed by atoms with Crippen LogP contribution in [0.1, 0.15) is 12.5 Å². The number of nitrogens with one attached hydrogen (secondary N) is 2. The monoisotopic (exact) mass is 442 g/mol. The average molecular weight is 443 g/mol. The lowest BCUT2D eigenvalue weighted by Crippen LogP contribution is -2.44. The highest BCUT2D eigenvalue weighted by atomic mass is 32.2. The van der Waals surface area contributed by atoms with Gasteiger partial charge in [-0.05, 0) is 35.9 Å². The molecule has 1 aliphatic heterocycles. The molecule has 30 heavy (non-hydrogen) atoms. The molecular formula is C20H18N4O4S2. The van der Waals surface area contributed by atoms with Crippen LogP contribution in [-0.2, 0) is 26.0 Å². The first-order valence-corrected chi connectivity index (χ1v) is 11.4. The summed E-state index contributed by atoms with van der Waals surface area (Å²) in [5.41, 5.74) is 2.11. The molecule has 0 saturated heterocycles. The zero-order valence-electron chi connectivity index (χ0n) is 15.9. The standard InChI is InChI=1S/C20H18N4O4S2/c1-13(25)24-17-5-3-2-4-14(17)12-18(24)19(26)22-15-6-8-16(9-7-15)30(27,28)23-20-21-10-11-29-20/h2-11,18H,12H2,1H3,(H,21,23)(H,22,26). The zero-order chi connectivity index (χ0) is 21.3. The second-order valence-electron chi connectivity index (χ2n) is 6.69. The molecular weight excluding hydrogens is 424 g/mol. The number of sulfonamides is 1. The molecule has 0 saturated carbocycles. The Kier molecular flexibility index (Phi) is 5.27. The minimum Gasteiger partial charge on any atom is -0.324 e. The topological polar surface area (TPSA) is 108 Å². The van der Waals surface area contributed by atoms with Crippen LogP contribution in [0.3, 0.4) is 0 Å². The minimum atomic E-state index is -3.77. The first-order valence-electron chi connectivity index (χ1n) is 9.06. The Morgan fingerprint density at radius 1 is 1.13 bits per heavy atom. The first-order chi connectivity index (χ1) is 14.3. The van der Waals surface area contributed by atoms with E-state index >= 15 is 0 Å². The molecule has 8 nitrogen and oxygen atoms in total. The summed E-state index contributed by atoms with van der Waals surface area (Å²) in [6.07, 6.45) is 1.93. The average Bonchev–Trinajstić information content (AvgIpc) is 3.35. The molecule has 4 rings (SSSR count). The summed E-state index contributed by atoms with van der Waals surface area (Å²) >= 11 is 1.18. The molecule has 2 N–H and O–H groups in total. The molecule has 2 amide bonds. The normalized spacial score (nSPS) is 15.5. The summed E-state index contributed by atoms with van der Waals surface area (Å²) in [5.74, 6) is -0.548. The van der Waals surface area contributed by atoms with E-state index in [4.69, 9.17) is 0 Å². The summed E-state index contributed by atoms with van der Waals surface area (Å²) in [6, 6.07) is 12.6. The predicted molar refractivity (Wildman–Crippen MR) is 115 cm³/mol. The van der Waals surface area contributed by atoms with Gasteiger partial charge in [0.25, 0.3) is 10.0 Å². The Morgan fingerprint density at radius 3 is 2.53 bits per heavy atom. The summed E-state index contributed by atoms with van der Waals surface area (Å²) in [5, 5.41) is 4.71. The number of carbonyl (C=O) groups is 2. The molecule has 1 atom stereocenters. The fraction of sp³-hybridized carbons (Fsp3) is 0.150. The van der Waals surface area contributed by atoms with Crippen molar-refractivity contribution in [3.8, 4) is 0 Å². The van der Waals surface area contributed by atoms with Crippen LogP contribution in [0.5, 0.6) is 0 Å². The molecule has 0 bridgehead atoms. The van der Waals surface area contributed by atoms with Gasteiger partial charge in [0.2, 0.25) is 11.8 Å². The minimum absolute atomic E-state index is 0.0503. The number of amides is 2. The van der Waals surface area contributed by atoms with Gasteiger partial charge in [0.1, 0.15) is 6.04 Å². The van der Waals surface area contributed by atoms with Crippen molar-refractivity contribution in [1.29, 1.82) is 0 Å². The van der Waals surface area contributed by atoms with Gasteiger partial charge in [0.05, 0.1) is 4.90 Å². The molecule has 1 aliphatic rings. The molecule has 154 valence electrons. The van der Waals surface area contributed by atoms with Crippen LogP contribution in [0.25, 0.3) is 0 Å². The van der Waals surface area contributed by atoms with Crippen molar-refractivity contribution in [3.05, 3.63) is 65.7 Å². The smallest absolute Gasteiger partial charge is 0.263 e. The highest BCUT2D eigenvalue weighted by molar-refractivity contribution is 7.93.